The van der Waals surface area contributed by atoms with Gasteiger partial charge >= 0.3 is 5.69 Å². The summed E-state index contributed by atoms with van der Waals surface area (Å²) in [6.07, 6.45) is 0. The Balaban J connectivity index is 2.05. The number of hydrogen-bond donors (Lipinski definition) is 2. The molecule has 0 aliphatic heterocycles. The fraction of sp³-hybridized carbons (Fsp3) is 0.0833. The fourth-order valence-electron chi connectivity index (χ4n) is 1.86. The molecule has 0 saturated carbocycles. The van der Waals surface area contributed by atoms with Crippen LogP contribution in [0.3, 0.4) is 0 Å². The van der Waals surface area contributed by atoms with E-state index in [4.69, 9.17) is 0 Å². The van der Waals surface area contributed by atoms with Crippen LogP contribution in [0.4, 0.5) is 0 Å². The van der Waals surface area contributed by atoms with E-state index in [1.54, 1.807) is 11.3 Å². The third-order valence-electron chi connectivity index (χ3n) is 2.71. The number of aromatic amines is 2. The molecule has 0 aliphatic rings. The average Bonchev–Trinajstić information content (AvgIpc) is 2.92. The van der Waals surface area contributed by atoms with E-state index in [0.29, 0.717) is 0 Å². The molecule has 18 heavy (non-hydrogen) atoms. The van der Waals surface area contributed by atoms with Gasteiger partial charge in [0.25, 0.3) is 0 Å². The van der Waals surface area contributed by atoms with Crippen LogP contribution in [0.2, 0.25) is 0 Å². The van der Waals surface area contributed by atoms with Crippen LogP contribution in [0.5, 0.6) is 0 Å². The first-order valence-electron chi connectivity index (χ1n) is 5.23. The van der Waals surface area contributed by atoms with Gasteiger partial charge in [-0.15, -0.1) is 11.3 Å². The zero-order valence-electron chi connectivity index (χ0n) is 9.04. The molecule has 1 unspecified atom stereocenters. The average molecular weight is 388 g/mol. The Bertz CT molecular complexity index is 759. The molecular formula is C12H8Br2N2OS. The molecule has 3 aromatic rings. The molecule has 0 aliphatic carbocycles. The SMILES string of the molecule is O=c1[nH]c2ccc(C(Br)c3csc(Br)c3)cc2[nH]1. The van der Waals surface area contributed by atoms with E-state index >= 15 is 0 Å². The summed E-state index contributed by atoms with van der Waals surface area (Å²) in [4.78, 5) is 16.9. The highest BCUT2D eigenvalue weighted by Crippen LogP contribution is 2.35. The molecule has 0 amide bonds. The van der Waals surface area contributed by atoms with Crippen LogP contribution >= 0.6 is 43.2 Å². The summed E-state index contributed by atoms with van der Waals surface area (Å²) in [5.41, 5.74) is 3.80. The normalized spacial score (nSPS) is 13.0. The number of alkyl halides is 1. The lowest BCUT2D eigenvalue weighted by Gasteiger charge is -2.08. The number of H-pyrrole nitrogens is 2. The fourth-order valence-corrected chi connectivity index (χ4v) is 3.78. The summed E-state index contributed by atoms with van der Waals surface area (Å²) in [5, 5.41) is 2.10. The molecule has 3 rings (SSSR count). The third kappa shape index (κ3) is 2.20. The van der Waals surface area contributed by atoms with Gasteiger partial charge in [0.1, 0.15) is 0 Å². The van der Waals surface area contributed by atoms with Crippen molar-refractivity contribution in [1.82, 2.24) is 9.97 Å². The summed E-state index contributed by atoms with van der Waals surface area (Å²) in [7, 11) is 0. The smallest absolute Gasteiger partial charge is 0.306 e. The van der Waals surface area contributed by atoms with Crippen LogP contribution in [-0.2, 0) is 0 Å². The highest BCUT2D eigenvalue weighted by molar-refractivity contribution is 9.11. The zero-order valence-corrected chi connectivity index (χ0v) is 13.0. The molecular weight excluding hydrogens is 380 g/mol. The van der Waals surface area contributed by atoms with E-state index in [-0.39, 0.29) is 10.5 Å². The number of hydrogen-bond acceptors (Lipinski definition) is 2. The predicted octanol–water partition coefficient (Wildman–Crippen LogP) is 4.16. The molecule has 2 aromatic heterocycles. The highest BCUT2D eigenvalue weighted by atomic mass is 79.9. The van der Waals surface area contributed by atoms with E-state index < -0.39 is 0 Å². The number of rotatable bonds is 2. The van der Waals surface area contributed by atoms with E-state index in [1.165, 1.54) is 5.56 Å². The van der Waals surface area contributed by atoms with Gasteiger partial charge in [0, 0.05) is 0 Å². The van der Waals surface area contributed by atoms with Gasteiger partial charge in [-0.05, 0) is 50.6 Å². The Hall–Kier alpha value is -0.850. The highest BCUT2D eigenvalue weighted by Gasteiger charge is 2.13. The maximum absolute atomic E-state index is 11.2. The van der Waals surface area contributed by atoms with Crippen LogP contribution in [0.1, 0.15) is 16.0 Å². The molecule has 92 valence electrons. The molecule has 0 saturated heterocycles. The molecule has 0 spiro atoms. The third-order valence-corrected chi connectivity index (χ3v) is 5.29. The van der Waals surface area contributed by atoms with Crippen LogP contribution in [0.25, 0.3) is 11.0 Å². The minimum absolute atomic E-state index is 0.128. The van der Waals surface area contributed by atoms with Gasteiger partial charge in [0.05, 0.1) is 19.6 Å². The first-order valence-corrected chi connectivity index (χ1v) is 7.82. The standard InChI is InChI=1S/C12H8Br2N2OS/c13-10-4-7(5-18-10)11(14)6-1-2-8-9(3-6)16-12(17)15-8/h1-5,11H,(H2,15,16,17). The van der Waals surface area contributed by atoms with E-state index in [9.17, 15) is 4.79 Å². The van der Waals surface area contributed by atoms with Gasteiger partial charge < -0.3 is 9.97 Å². The first-order chi connectivity index (χ1) is 8.63. The van der Waals surface area contributed by atoms with Gasteiger partial charge in [-0.1, -0.05) is 22.0 Å². The maximum atomic E-state index is 11.2. The summed E-state index contributed by atoms with van der Waals surface area (Å²) in [5.74, 6) is 0. The molecule has 6 heteroatoms. The molecule has 0 fully saturated rings. The minimum atomic E-state index is -0.174. The van der Waals surface area contributed by atoms with Gasteiger partial charge in [-0.2, -0.15) is 0 Å². The second-order valence-electron chi connectivity index (χ2n) is 3.93. The lowest BCUT2D eigenvalue weighted by Crippen LogP contribution is -1.99. The van der Waals surface area contributed by atoms with E-state index in [1.807, 2.05) is 18.2 Å². The Morgan fingerprint density at radius 2 is 1.89 bits per heavy atom. The number of thiophene rings is 1. The second kappa shape index (κ2) is 4.68. The van der Waals surface area contributed by atoms with E-state index in [0.717, 1.165) is 20.4 Å². The summed E-state index contributed by atoms with van der Waals surface area (Å²) >= 11 is 8.80. The van der Waals surface area contributed by atoms with Crippen molar-refractivity contribution in [2.75, 3.05) is 0 Å². The largest absolute Gasteiger partial charge is 0.323 e. The van der Waals surface area contributed by atoms with Crippen molar-refractivity contribution >= 4 is 54.2 Å². The number of nitrogens with one attached hydrogen (secondary N) is 2. The number of benzene rings is 1. The summed E-state index contributed by atoms with van der Waals surface area (Å²) in [6, 6.07) is 8.00. The van der Waals surface area contributed by atoms with Gasteiger partial charge in [0.15, 0.2) is 0 Å². The van der Waals surface area contributed by atoms with Crippen molar-refractivity contribution in [3.8, 4) is 0 Å². The molecule has 1 atom stereocenters. The van der Waals surface area contributed by atoms with Crippen LogP contribution in [0.15, 0.2) is 38.2 Å². The van der Waals surface area contributed by atoms with Crippen molar-refractivity contribution in [2.24, 2.45) is 0 Å². The zero-order chi connectivity index (χ0) is 12.7. The van der Waals surface area contributed by atoms with Crippen molar-refractivity contribution in [1.29, 1.82) is 0 Å². The maximum Gasteiger partial charge on any atom is 0.323 e. The van der Waals surface area contributed by atoms with Gasteiger partial charge in [-0.3, -0.25) is 0 Å². The van der Waals surface area contributed by atoms with Crippen molar-refractivity contribution in [3.05, 3.63) is 55.0 Å². The van der Waals surface area contributed by atoms with Crippen molar-refractivity contribution in [3.63, 3.8) is 0 Å². The molecule has 2 N–H and O–H groups in total. The van der Waals surface area contributed by atoms with Gasteiger partial charge in [0.2, 0.25) is 0 Å². The minimum Gasteiger partial charge on any atom is -0.306 e. The van der Waals surface area contributed by atoms with Crippen molar-refractivity contribution in [2.45, 2.75) is 4.83 Å². The number of aromatic nitrogens is 2. The van der Waals surface area contributed by atoms with E-state index in [2.05, 4.69) is 53.3 Å². The van der Waals surface area contributed by atoms with Crippen LogP contribution in [-0.4, -0.2) is 9.97 Å². The molecule has 0 bridgehead atoms. The second-order valence-corrected chi connectivity index (χ2v) is 7.14. The quantitative estimate of drug-likeness (QED) is 0.637. The number of imidazole rings is 1. The Kier molecular flexibility index (Phi) is 3.17. The predicted molar refractivity (Wildman–Crippen MR) is 81.7 cm³/mol. The number of fused-ring (bicyclic) bond motifs is 1. The molecule has 2 heterocycles. The first kappa shape index (κ1) is 12.2. The number of halogens is 2. The Labute approximate surface area is 124 Å². The monoisotopic (exact) mass is 386 g/mol. The summed E-state index contributed by atoms with van der Waals surface area (Å²) < 4.78 is 1.11. The Morgan fingerprint density at radius 1 is 1.11 bits per heavy atom. The summed E-state index contributed by atoms with van der Waals surface area (Å²) in [6.45, 7) is 0. The van der Waals surface area contributed by atoms with Crippen LogP contribution < -0.4 is 5.69 Å². The lowest BCUT2D eigenvalue weighted by atomic mass is 10.1. The van der Waals surface area contributed by atoms with Crippen LogP contribution in [0, 0.1) is 0 Å². The Morgan fingerprint density at radius 3 is 2.61 bits per heavy atom. The molecule has 3 nitrogen and oxygen atoms in total. The topological polar surface area (TPSA) is 48.6 Å². The molecule has 0 radical (unpaired) electrons. The van der Waals surface area contributed by atoms with Gasteiger partial charge in [-0.25, -0.2) is 4.79 Å². The van der Waals surface area contributed by atoms with Crippen molar-refractivity contribution < 1.29 is 0 Å². The lowest BCUT2D eigenvalue weighted by molar-refractivity contribution is 1.19. The molecule has 1 aromatic carbocycles.